The number of aryl methyl sites for hydroxylation is 1. The Hall–Kier alpha value is -1.70. The molecule has 1 aromatic carbocycles. The highest BCUT2D eigenvalue weighted by Gasteiger charge is 2.17. The standard InChI is InChI=1S/C12H9Cl2N3O/c1-6-3-7(10(14)8(13)4-6)11-17-9(5-15)12(16-2)18-11/h3-4,16H,1-2H3. The van der Waals surface area contributed by atoms with E-state index >= 15 is 0 Å². The third-order valence-electron chi connectivity index (χ3n) is 2.36. The van der Waals surface area contributed by atoms with Crippen LogP contribution in [0.4, 0.5) is 5.88 Å². The van der Waals surface area contributed by atoms with Gasteiger partial charge in [-0.1, -0.05) is 23.2 Å². The molecule has 0 aliphatic rings. The Kier molecular flexibility index (Phi) is 3.46. The molecule has 0 unspecified atom stereocenters. The highest BCUT2D eigenvalue weighted by atomic mass is 35.5. The lowest BCUT2D eigenvalue weighted by molar-refractivity contribution is 0.589. The molecule has 0 atom stereocenters. The fourth-order valence-electron chi connectivity index (χ4n) is 1.56. The van der Waals surface area contributed by atoms with Crippen molar-refractivity contribution < 1.29 is 4.42 Å². The maximum atomic E-state index is 8.92. The molecule has 0 aliphatic carbocycles. The zero-order valence-corrected chi connectivity index (χ0v) is 11.2. The fourth-order valence-corrected chi connectivity index (χ4v) is 2.02. The predicted molar refractivity (Wildman–Crippen MR) is 71.0 cm³/mol. The monoisotopic (exact) mass is 281 g/mol. The Bertz CT molecular complexity index is 644. The van der Waals surface area contributed by atoms with Crippen LogP contribution in [0.25, 0.3) is 11.5 Å². The summed E-state index contributed by atoms with van der Waals surface area (Å²) in [7, 11) is 1.65. The number of hydrogen-bond donors (Lipinski definition) is 1. The highest BCUT2D eigenvalue weighted by molar-refractivity contribution is 6.43. The van der Waals surface area contributed by atoms with Crippen molar-refractivity contribution in [2.75, 3.05) is 12.4 Å². The van der Waals surface area contributed by atoms with E-state index in [2.05, 4.69) is 10.3 Å². The first-order valence-corrected chi connectivity index (χ1v) is 5.87. The lowest BCUT2D eigenvalue weighted by Gasteiger charge is -2.03. The number of rotatable bonds is 2. The zero-order valence-electron chi connectivity index (χ0n) is 9.71. The molecule has 2 rings (SSSR count). The molecule has 0 spiro atoms. The quantitative estimate of drug-likeness (QED) is 0.908. The normalized spacial score (nSPS) is 10.2. The third-order valence-corrected chi connectivity index (χ3v) is 3.17. The van der Waals surface area contributed by atoms with Gasteiger partial charge in [0.2, 0.25) is 17.5 Å². The van der Waals surface area contributed by atoms with E-state index in [4.69, 9.17) is 32.9 Å². The Labute approximate surface area is 114 Å². The van der Waals surface area contributed by atoms with Crippen LogP contribution < -0.4 is 5.32 Å². The number of aromatic nitrogens is 1. The Morgan fingerprint density at radius 1 is 1.39 bits per heavy atom. The van der Waals surface area contributed by atoms with Gasteiger partial charge in [0, 0.05) is 7.05 Å². The summed E-state index contributed by atoms with van der Waals surface area (Å²) in [6.07, 6.45) is 0. The van der Waals surface area contributed by atoms with Crippen molar-refractivity contribution in [3.05, 3.63) is 33.4 Å². The van der Waals surface area contributed by atoms with Gasteiger partial charge in [0.25, 0.3) is 0 Å². The van der Waals surface area contributed by atoms with Crippen LogP contribution in [-0.4, -0.2) is 12.0 Å². The first-order chi connectivity index (χ1) is 8.56. The van der Waals surface area contributed by atoms with Crippen LogP contribution in [0.2, 0.25) is 10.0 Å². The maximum Gasteiger partial charge on any atom is 0.232 e. The molecule has 1 N–H and O–H groups in total. The molecular weight excluding hydrogens is 273 g/mol. The number of nitrogens with zero attached hydrogens (tertiary/aromatic N) is 2. The van der Waals surface area contributed by atoms with Crippen molar-refractivity contribution in [1.82, 2.24) is 4.98 Å². The van der Waals surface area contributed by atoms with Crippen molar-refractivity contribution in [3.8, 4) is 17.5 Å². The molecule has 18 heavy (non-hydrogen) atoms. The molecule has 2 aromatic rings. The molecule has 6 heteroatoms. The predicted octanol–water partition coefficient (Wildman–Crippen LogP) is 3.87. The number of nitrogens with one attached hydrogen (secondary N) is 1. The molecule has 0 saturated carbocycles. The highest BCUT2D eigenvalue weighted by Crippen LogP contribution is 2.35. The number of anilines is 1. The lowest BCUT2D eigenvalue weighted by Crippen LogP contribution is -1.87. The second-order valence-corrected chi connectivity index (χ2v) is 4.45. The smallest absolute Gasteiger partial charge is 0.232 e. The second kappa shape index (κ2) is 4.89. The van der Waals surface area contributed by atoms with Crippen molar-refractivity contribution in [2.45, 2.75) is 6.92 Å². The first-order valence-electron chi connectivity index (χ1n) is 5.11. The van der Waals surface area contributed by atoms with Crippen molar-refractivity contribution in [3.63, 3.8) is 0 Å². The number of hydrogen-bond acceptors (Lipinski definition) is 4. The van der Waals surface area contributed by atoms with Crippen molar-refractivity contribution in [1.29, 1.82) is 5.26 Å². The summed E-state index contributed by atoms with van der Waals surface area (Å²) < 4.78 is 5.44. The molecule has 92 valence electrons. The minimum Gasteiger partial charge on any atom is -0.419 e. The Morgan fingerprint density at radius 3 is 2.67 bits per heavy atom. The van der Waals surface area contributed by atoms with E-state index in [1.54, 1.807) is 19.2 Å². The lowest BCUT2D eigenvalue weighted by atomic mass is 10.1. The van der Waals surface area contributed by atoms with E-state index in [0.717, 1.165) is 5.56 Å². The van der Waals surface area contributed by atoms with E-state index in [9.17, 15) is 0 Å². The van der Waals surface area contributed by atoms with Gasteiger partial charge in [-0.05, 0) is 24.6 Å². The second-order valence-electron chi connectivity index (χ2n) is 3.67. The van der Waals surface area contributed by atoms with E-state index in [-0.39, 0.29) is 11.6 Å². The van der Waals surface area contributed by atoms with Gasteiger partial charge in [-0.15, -0.1) is 0 Å². The molecule has 0 amide bonds. The zero-order chi connectivity index (χ0) is 13.3. The SMILES string of the molecule is CNc1oc(-c2cc(C)cc(Cl)c2Cl)nc1C#N. The van der Waals surface area contributed by atoms with Crippen molar-refractivity contribution in [2.24, 2.45) is 0 Å². The van der Waals surface area contributed by atoms with Gasteiger partial charge < -0.3 is 9.73 Å². The van der Waals surface area contributed by atoms with E-state index in [0.29, 0.717) is 21.5 Å². The number of benzene rings is 1. The van der Waals surface area contributed by atoms with Gasteiger partial charge in [-0.25, -0.2) is 0 Å². The number of halogens is 2. The molecular formula is C12H9Cl2N3O. The van der Waals surface area contributed by atoms with Gasteiger partial charge in [0.15, 0.2) is 0 Å². The summed E-state index contributed by atoms with van der Waals surface area (Å²) in [5.74, 6) is 0.577. The van der Waals surface area contributed by atoms with Gasteiger partial charge in [-0.2, -0.15) is 10.2 Å². The average molecular weight is 282 g/mol. The summed E-state index contributed by atoms with van der Waals surface area (Å²) in [6, 6.07) is 5.50. The van der Waals surface area contributed by atoms with E-state index in [1.807, 2.05) is 13.0 Å². The van der Waals surface area contributed by atoms with Gasteiger partial charge in [-0.3, -0.25) is 0 Å². The minimum atomic E-state index is 0.182. The number of nitriles is 1. The fraction of sp³-hybridized carbons (Fsp3) is 0.167. The van der Waals surface area contributed by atoms with Gasteiger partial charge in [0.1, 0.15) is 6.07 Å². The van der Waals surface area contributed by atoms with Gasteiger partial charge >= 0.3 is 0 Å². The van der Waals surface area contributed by atoms with Crippen LogP contribution in [-0.2, 0) is 0 Å². The summed E-state index contributed by atoms with van der Waals surface area (Å²) in [4.78, 5) is 4.08. The molecule has 0 aliphatic heterocycles. The van der Waals surface area contributed by atoms with E-state index in [1.165, 1.54) is 0 Å². The van der Waals surface area contributed by atoms with Crippen LogP contribution in [0.3, 0.4) is 0 Å². The van der Waals surface area contributed by atoms with Crippen LogP contribution in [0, 0.1) is 18.3 Å². The van der Waals surface area contributed by atoms with Gasteiger partial charge in [0.05, 0.1) is 15.6 Å². The molecule has 1 aromatic heterocycles. The molecule has 0 bridgehead atoms. The molecule has 0 radical (unpaired) electrons. The maximum absolute atomic E-state index is 8.92. The van der Waals surface area contributed by atoms with Crippen LogP contribution in [0.15, 0.2) is 16.5 Å². The minimum absolute atomic E-state index is 0.182. The molecule has 0 saturated heterocycles. The molecule has 0 fully saturated rings. The van der Waals surface area contributed by atoms with Crippen molar-refractivity contribution >= 4 is 29.1 Å². The largest absolute Gasteiger partial charge is 0.419 e. The Balaban J connectivity index is 2.63. The third kappa shape index (κ3) is 2.15. The number of oxazole rings is 1. The summed E-state index contributed by atoms with van der Waals surface area (Å²) in [5, 5.41) is 12.5. The topological polar surface area (TPSA) is 61.9 Å². The van der Waals surface area contributed by atoms with Crippen LogP contribution in [0.1, 0.15) is 11.3 Å². The molecule has 1 heterocycles. The Morgan fingerprint density at radius 2 is 2.11 bits per heavy atom. The summed E-state index contributed by atoms with van der Waals surface area (Å²) >= 11 is 12.1. The van der Waals surface area contributed by atoms with E-state index < -0.39 is 0 Å². The van der Waals surface area contributed by atoms with Crippen LogP contribution in [0.5, 0.6) is 0 Å². The van der Waals surface area contributed by atoms with Crippen LogP contribution >= 0.6 is 23.2 Å². The summed E-state index contributed by atoms with van der Waals surface area (Å²) in [5.41, 5.74) is 1.68. The average Bonchev–Trinajstić information content (AvgIpc) is 2.76. The molecule has 4 nitrogen and oxygen atoms in total. The first kappa shape index (κ1) is 12.7. The summed E-state index contributed by atoms with van der Waals surface area (Å²) in [6.45, 7) is 1.89.